The van der Waals surface area contributed by atoms with E-state index in [1.54, 1.807) is 6.07 Å². The van der Waals surface area contributed by atoms with E-state index in [1.165, 1.54) is 24.5 Å². The van der Waals surface area contributed by atoms with Crippen LogP contribution >= 0.6 is 11.6 Å². The molecular formula is C12H12ClF. The van der Waals surface area contributed by atoms with Gasteiger partial charge in [0.1, 0.15) is 5.82 Å². The Labute approximate surface area is 88.4 Å². The average Bonchev–Trinajstić information content (AvgIpc) is 2.23. The Morgan fingerprint density at radius 3 is 2.79 bits per heavy atom. The monoisotopic (exact) mass is 210 g/mol. The molecule has 74 valence electrons. The summed E-state index contributed by atoms with van der Waals surface area (Å²) < 4.78 is 13.2. The van der Waals surface area contributed by atoms with E-state index in [1.807, 2.05) is 6.07 Å². The van der Waals surface area contributed by atoms with Crippen LogP contribution < -0.4 is 0 Å². The number of hydrogen-bond donors (Lipinski definition) is 0. The van der Waals surface area contributed by atoms with E-state index in [9.17, 15) is 4.39 Å². The Balaban J connectivity index is 2.40. The van der Waals surface area contributed by atoms with Crippen molar-refractivity contribution in [3.63, 3.8) is 0 Å². The van der Waals surface area contributed by atoms with Gasteiger partial charge in [0.15, 0.2) is 0 Å². The molecule has 0 amide bonds. The van der Waals surface area contributed by atoms with Gasteiger partial charge in [-0.3, -0.25) is 0 Å². The first kappa shape index (κ1) is 9.72. The van der Waals surface area contributed by atoms with Crippen molar-refractivity contribution in [2.75, 3.05) is 0 Å². The molecule has 2 heteroatoms. The smallest absolute Gasteiger partial charge is 0.142 e. The van der Waals surface area contributed by atoms with Gasteiger partial charge in [-0.15, -0.1) is 0 Å². The van der Waals surface area contributed by atoms with Crippen LogP contribution in [0.25, 0.3) is 5.57 Å². The van der Waals surface area contributed by atoms with Crippen molar-refractivity contribution < 1.29 is 4.39 Å². The molecule has 1 aromatic carbocycles. The first-order valence-corrected chi connectivity index (χ1v) is 5.30. The minimum atomic E-state index is -0.323. The third kappa shape index (κ3) is 1.83. The minimum Gasteiger partial charge on any atom is -0.205 e. The highest BCUT2D eigenvalue weighted by Crippen LogP contribution is 2.32. The highest BCUT2D eigenvalue weighted by atomic mass is 35.5. The van der Waals surface area contributed by atoms with Crippen molar-refractivity contribution >= 4 is 17.2 Å². The van der Waals surface area contributed by atoms with E-state index < -0.39 is 0 Å². The molecule has 1 aliphatic rings. The standard InChI is InChI=1S/C12H12ClF/c13-12-10(7-4-8-11(12)14)9-5-2-1-3-6-9/h4-5,7-8H,1-3,6H2. The quantitative estimate of drug-likeness (QED) is 0.643. The Hall–Kier alpha value is -0.820. The summed E-state index contributed by atoms with van der Waals surface area (Å²) in [5, 5.41) is 0.264. The van der Waals surface area contributed by atoms with Gasteiger partial charge in [0.25, 0.3) is 0 Å². The molecule has 0 saturated carbocycles. The van der Waals surface area contributed by atoms with Gasteiger partial charge in [0.2, 0.25) is 0 Å². The lowest BCUT2D eigenvalue weighted by Gasteiger charge is -2.14. The summed E-state index contributed by atoms with van der Waals surface area (Å²) in [7, 11) is 0. The summed E-state index contributed by atoms with van der Waals surface area (Å²) in [6.07, 6.45) is 6.69. The molecule has 0 fully saturated rings. The van der Waals surface area contributed by atoms with Crippen LogP contribution in [0.2, 0.25) is 5.02 Å². The maximum atomic E-state index is 13.2. The summed E-state index contributed by atoms with van der Waals surface area (Å²) in [5.74, 6) is -0.323. The van der Waals surface area contributed by atoms with Gasteiger partial charge in [-0.2, -0.15) is 0 Å². The third-order valence-corrected chi connectivity index (χ3v) is 2.97. The summed E-state index contributed by atoms with van der Waals surface area (Å²) >= 11 is 5.91. The van der Waals surface area contributed by atoms with E-state index in [0.29, 0.717) is 0 Å². The third-order valence-electron chi connectivity index (χ3n) is 2.59. The van der Waals surface area contributed by atoms with Crippen molar-refractivity contribution in [3.8, 4) is 0 Å². The number of hydrogen-bond acceptors (Lipinski definition) is 0. The molecule has 0 aliphatic heterocycles. The summed E-state index contributed by atoms with van der Waals surface area (Å²) in [4.78, 5) is 0. The molecule has 0 bridgehead atoms. The lowest BCUT2D eigenvalue weighted by Crippen LogP contribution is -1.93. The normalized spacial score (nSPS) is 16.6. The fourth-order valence-corrected chi connectivity index (χ4v) is 2.08. The van der Waals surface area contributed by atoms with Crippen molar-refractivity contribution in [1.82, 2.24) is 0 Å². The fourth-order valence-electron chi connectivity index (χ4n) is 1.83. The molecular weight excluding hydrogens is 199 g/mol. The zero-order chi connectivity index (χ0) is 9.97. The summed E-state index contributed by atoms with van der Waals surface area (Å²) in [6.45, 7) is 0. The molecule has 0 aromatic heterocycles. The van der Waals surface area contributed by atoms with Crippen molar-refractivity contribution in [3.05, 3.63) is 40.7 Å². The van der Waals surface area contributed by atoms with Crippen molar-refractivity contribution in [2.24, 2.45) is 0 Å². The SMILES string of the molecule is Fc1cccc(C2=CCCCC2)c1Cl. The lowest BCUT2D eigenvalue weighted by atomic mass is 9.94. The van der Waals surface area contributed by atoms with Crippen LogP contribution in [0, 0.1) is 5.82 Å². The van der Waals surface area contributed by atoms with Gasteiger partial charge in [0, 0.05) is 0 Å². The summed E-state index contributed by atoms with van der Waals surface area (Å²) in [6, 6.07) is 5.00. The molecule has 0 heterocycles. The van der Waals surface area contributed by atoms with E-state index in [0.717, 1.165) is 18.4 Å². The van der Waals surface area contributed by atoms with Gasteiger partial charge >= 0.3 is 0 Å². The predicted molar refractivity (Wildman–Crippen MR) is 57.9 cm³/mol. The van der Waals surface area contributed by atoms with Crippen molar-refractivity contribution in [2.45, 2.75) is 25.7 Å². The van der Waals surface area contributed by atoms with E-state index >= 15 is 0 Å². The van der Waals surface area contributed by atoms with E-state index in [-0.39, 0.29) is 10.8 Å². The van der Waals surface area contributed by atoms with Crippen LogP contribution in [0.1, 0.15) is 31.2 Å². The second-order valence-corrected chi connectivity index (χ2v) is 3.95. The molecule has 0 N–H and O–H groups in total. The lowest BCUT2D eigenvalue weighted by molar-refractivity contribution is 0.627. The van der Waals surface area contributed by atoms with Gasteiger partial charge in [-0.05, 0) is 42.9 Å². The van der Waals surface area contributed by atoms with Gasteiger partial charge in [0.05, 0.1) is 5.02 Å². The van der Waals surface area contributed by atoms with Crippen LogP contribution in [0.15, 0.2) is 24.3 Å². The predicted octanol–water partition coefficient (Wildman–Crippen LogP) is 4.44. The van der Waals surface area contributed by atoms with Gasteiger partial charge in [-0.25, -0.2) is 4.39 Å². The van der Waals surface area contributed by atoms with Crippen LogP contribution in [0.3, 0.4) is 0 Å². The van der Waals surface area contributed by atoms with Crippen LogP contribution in [0.5, 0.6) is 0 Å². The molecule has 14 heavy (non-hydrogen) atoms. The van der Waals surface area contributed by atoms with Crippen LogP contribution in [0.4, 0.5) is 4.39 Å². The Morgan fingerprint density at radius 2 is 2.07 bits per heavy atom. The molecule has 0 saturated heterocycles. The van der Waals surface area contributed by atoms with E-state index in [4.69, 9.17) is 11.6 Å². The molecule has 0 nitrogen and oxygen atoms in total. The second-order valence-electron chi connectivity index (χ2n) is 3.58. The van der Waals surface area contributed by atoms with Crippen LogP contribution in [-0.2, 0) is 0 Å². The minimum absolute atomic E-state index is 0.264. The Bertz CT molecular complexity index is 369. The first-order valence-electron chi connectivity index (χ1n) is 4.92. The summed E-state index contributed by atoms with van der Waals surface area (Å²) in [5.41, 5.74) is 2.06. The maximum absolute atomic E-state index is 13.2. The number of halogens is 2. The molecule has 0 unspecified atom stereocenters. The highest BCUT2D eigenvalue weighted by Gasteiger charge is 2.11. The number of allylic oxidation sites excluding steroid dienone is 2. The largest absolute Gasteiger partial charge is 0.205 e. The topological polar surface area (TPSA) is 0 Å². The molecule has 0 spiro atoms. The fraction of sp³-hybridized carbons (Fsp3) is 0.333. The number of rotatable bonds is 1. The Kier molecular flexibility index (Phi) is 2.87. The van der Waals surface area contributed by atoms with Gasteiger partial charge < -0.3 is 0 Å². The second kappa shape index (κ2) is 4.14. The molecule has 1 aromatic rings. The zero-order valence-electron chi connectivity index (χ0n) is 7.89. The number of benzene rings is 1. The first-order chi connectivity index (χ1) is 6.79. The molecule has 2 rings (SSSR count). The molecule has 0 atom stereocenters. The highest BCUT2D eigenvalue weighted by molar-refractivity contribution is 6.32. The Morgan fingerprint density at radius 1 is 1.21 bits per heavy atom. The zero-order valence-corrected chi connectivity index (χ0v) is 8.65. The van der Waals surface area contributed by atoms with Crippen LogP contribution in [-0.4, -0.2) is 0 Å². The maximum Gasteiger partial charge on any atom is 0.142 e. The molecule has 0 radical (unpaired) electrons. The van der Waals surface area contributed by atoms with E-state index in [2.05, 4.69) is 6.08 Å². The average molecular weight is 211 g/mol. The molecule has 1 aliphatic carbocycles. The van der Waals surface area contributed by atoms with Crippen molar-refractivity contribution in [1.29, 1.82) is 0 Å². The van der Waals surface area contributed by atoms with Gasteiger partial charge in [-0.1, -0.05) is 29.8 Å².